The van der Waals surface area contributed by atoms with Crippen LogP contribution in [0, 0.1) is 0 Å². The van der Waals surface area contributed by atoms with Crippen molar-refractivity contribution in [2.45, 2.75) is 12.8 Å². The van der Waals surface area contributed by atoms with E-state index in [1.54, 1.807) is 17.5 Å². The average molecular weight is 372 g/mol. The van der Waals surface area contributed by atoms with Crippen molar-refractivity contribution >= 4 is 28.6 Å². The maximum Gasteiger partial charge on any atom is 0.263 e. The molecule has 0 spiro atoms. The summed E-state index contributed by atoms with van der Waals surface area (Å²) in [6.45, 7) is 0.904. The zero-order valence-corrected chi connectivity index (χ0v) is 15.0. The van der Waals surface area contributed by atoms with Gasteiger partial charge in [-0.25, -0.2) is 4.98 Å². The number of thiophene rings is 1. The van der Waals surface area contributed by atoms with Crippen molar-refractivity contribution in [3.63, 3.8) is 0 Å². The second-order valence-electron chi connectivity index (χ2n) is 5.59. The van der Waals surface area contributed by atoms with Crippen LogP contribution in [0.4, 0.5) is 0 Å². The van der Waals surface area contributed by atoms with Gasteiger partial charge in [-0.1, -0.05) is 0 Å². The molecule has 1 aliphatic heterocycles. The molecule has 1 N–H and O–H groups in total. The van der Waals surface area contributed by atoms with Crippen LogP contribution >= 0.6 is 22.7 Å². The highest BCUT2D eigenvalue weighted by molar-refractivity contribution is 7.16. The molecule has 4 rings (SSSR count). The summed E-state index contributed by atoms with van der Waals surface area (Å²) in [7, 11) is 0. The summed E-state index contributed by atoms with van der Waals surface area (Å²) < 4.78 is 10.7. The highest BCUT2D eigenvalue weighted by atomic mass is 32.1. The van der Waals surface area contributed by atoms with Crippen molar-refractivity contribution < 1.29 is 14.3 Å². The quantitative estimate of drug-likeness (QED) is 0.665. The fraction of sp³-hybridized carbons (Fsp3) is 0.222. The maximum absolute atomic E-state index is 12.3. The summed E-state index contributed by atoms with van der Waals surface area (Å²) >= 11 is 3.08. The third-order valence-electron chi connectivity index (χ3n) is 3.86. The summed E-state index contributed by atoms with van der Waals surface area (Å²) in [5.74, 6) is 1.38. The molecule has 0 aliphatic carbocycles. The zero-order chi connectivity index (χ0) is 17.1. The average Bonchev–Trinajstić information content (AvgIpc) is 3.39. The van der Waals surface area contributed by atoms with Crippen molar-refractivity contribution in [1.29, 1.82) is 0 Å². The number of fused-ring (bicyclic) bond motifs is 1. The Balaban J connectivity index is 1.35. The molecule has 3 aromatic rings. The zero-order valence-electron chi connectivity index (χ0n) is 13.4. The Morgan fingerprint density at radius 3 is 3.04 bits per heavy atom. The van der Waals surface area contributed by atoms with Gasteiger partial charge < -0.3 is 14.8 Å². The number of hydrogen-bond donors (Lipinski definition) is 1. The van der Waals surface area contributed by atoms with Crippen LogP contribution in [0.5, 0.6) is 11.5 Å². The molecule has 0 atom stereocenters. The van der Waals surface area contributed by atoms with Gasteiger partial charge in [-0.15, -0.1) is 11.3 Å². The molecule has 25 heavy (non-hydrogen) atoms. The monoisotopic (exact) mass is 372 g/mol. The second-order valence-corrected chi connectivity index (χ2v) is 7.40. The van der Waals surface area contributed by atoms with E-state index >= 15 is 0 Å². The van der Waals surface area contributed by atoms with Gasteiger partial charge in [-0.2, -0.15) is 11.3 Å². The van der Waals surface area contributed by atoms with Crippen LogP contribution in [0.2, 0.25) is 0 Å². The van der Waals surface area contributed by atoms with Crippen LogP contribution in [0.25, 0.3) is 10.6 Å². The molecule has 0 radical (unpaired) electrons. The van der Waals surface area contributed by atoms with Crippen molar-refractivity contribution in [2.24, 2.45) is 0 Å². The van der Waals surface area contributed by atoms with E-state index in [-0.39, 0.29) is 12.7 Å². The smallest absolute Gasteiger partial charge is 0.263 e. The molecule has 128 valence electrons. The molecule has 0 bridgehead atoms. The topological polar surface area (TPSA) is 60.5 Å². The molecule has 2 aromatic heterocycles. The first-order chi connectivity index (χ1) is 12.3. The number of nitrogens with one attached hydrogen (secondary N) is 1. The predicted octanol–water partition coefficient (Wildman–Crippen LogP) is 3.96. The number of aryl methyl sites for hydroxylation is 1. The van der Waals surface area contributed by atoms with Crippen molar-refractivity contribution in [3.8, 4) is 22.1 Å². The highest BCUT2D eigenvalue weighted by Crippen LogP contribution is 2.36. The number of aromatic nitrogens is 1. The first-order valence-corrected chi connectivity index (χ1v) is 9.70. The van der Waals surface area contributed by atoms with Crippen molar-refractivity contribution in [2.75, 3.05) is 13.3 Å². The molecule has 0 unspecified atom stereocenters. The fourth-order valence-electron chi connectivity index (χ4n) is 2.56. The lowest BCUT2D eigenvalue weighted by atomic mass is 10.2. The van der Waals surface area contributed by atoms with Gasteiger partial charge in [0.1, 0.15) is 9.88 Å². The van der Waals surface area contributed by atoms with Gasteiger partial charge in [0.05, 0.1) is 6.20 Å². The van der Waals surface area contributed by atoms with E-state index in [4.69, 9.17) is 9.47 Å². The largest absolute Gasteiger partial charge is 0.454 e. The molecule has 1 aliphatic rings. The minimum absolute atomic E-state index is 0.0742. The molecule has 1 amide bonds. The Morgan fingerprint density at radius 2 is 2.16 bits per heavy atom. The van der Waals surface area contributed by atoms with Crippen molar-refractivity contribution in [1.82, 2.24) is 10.3 Å². The van der Waals surface area contributed by atoms with E-state index in [1.807, 2.05) is 18.2 Å². The SMILES string of the molecule is O=C(NCCCc1ccsc1)c1cnc(-c2ccc3c(c2)OCO3)s1. The molecule has 5 nitrogen and oxygen atoms in total. The van der Waals surface area contributed by atoms with Gasteiger partial charge in [0.25, 0.3) is 5.91 Å². The van der Waals surface area contributed by atoms with Gasteiger partial charge in [-0.3, -0.25) is 4.79 Å². The van der Waals surface area contributed by atoms with E-state index in [2.05, 4.69) is 27.1 Å². The Bertz CT molecular complexity index is 874. The number of carbonyl (C=O) groups excluding carboxylic acids is 1. The first kappa shape index (κ1) is 16.1. The molecular formula is C18H16N2O3S2. The fourth-order valence-corrected chi connectivity index (χ4v) is 4.09. The van der Waals surface area contributed by atoms with E-state index < -0.39 is 0 Å². The van der Waals surface area contributed by atoms with E-state index in [0.29, 0.717) is 17.2 Å². The third kappa shape index (κ3) is 3.67. The summed E-state index contributed by atoms with van der Waals surface area (Å²) in [4.78, 5) is 17.2. The lowest BCUT2D eigenvalue weighted by Crippen LogP contribution is -2.23. The minimum Gasteiger partial charge on any atom is -0.454 e. The molecule has 7 heteroatoms. The van der Waals surface area contributed by atoms with Crippen molar-refractivity contribution in [3.05, 3.63) is 51.7 Å². The lowest BCUT2D eigenvalue weighted by Gasteiger charge is -2.02. The first-order valence-electron chi connectivity index (χ1n) is 7.95. The number of rotatable bonds is 6. The van der Waals surface area contributed by atoms with Gasteiger partial charge in [0.2, 0.25) is 6.79 Å². The van der Waals surface area contributed by atoms with Gasteiger partial charge in [-0.05, 0) is 53.4 Å². The van der Waals surface area contributed by atoms with E-state index in [0.717, 1.165) is 29.2 Å². The summed E-state index contributed by atoms with van der Waals surface area (Å²) in [6, 6.07) is 7.80. The second kappa shape index (κ2) is 7.25. The van der Waals surface area contributed by atoms with Crippen LogP contribution in [0.1, 0.15) is 21.7 Å². The summed E-state index contributed by atoms with van der Waals surface area (Å²) in [5, 5.41) is 7.97. The Labute approximate surface area is 153 Å². The normalized spacial score (nSPS) is 12.3. The summed E-state index contributed by atoms with van der Waals surface area (Å²) in [6.07, 6.45) is 3.53. The molecule has 0 saturated carbocycles. The van der Waals surface area contributed by atoms with Gasteiger partial charge >= 0.3 is 0 Å². The standard InChI is InChI=1S/C18H16N2O3S2/c21-17(19-6-1-2-12-5-7-24-10-12)16-9-20-18(25-16)13-3-4-14-15(8-13)23-11-22-14/h3-5,7-10H,1-2,6,11H2,(H,19,21). The van der Waals surface area contributed by atoms with Gasteiger partial charge in [0.15, 0.2) is 11.5 Å². The van der Waals surface area contributed by atoms with Gasteiger partial charge in [0, 0.05) is 12.1 Å². The van der Waals surface area contributed by atoms with Crippen LogP contribution in [-0.4, -0.2) is 24.2 Å². The van der Waals surface area contributed by atoms with Crippen LogP contribution in [0.3, 0.4) is 0 Å². The Morgan fingerprint density at radius 1 is 1.24 bits per heavy atom. The van der Waals surface area contributed by atoms with E-state index in [1.165, 1.54) is 16.9 Å². The molecular weight excluding hydrogens is 356 g/mol. The van der Waals surface area contributed by atoms with E-state index in [9.17, 15) is 4.79 Å². The number of ether oxygens (including phenoxy) is 2. The Kier molecular flexibility index (Phi) is 4.67. The van der Waals surface area contributed by atoms with Crippen LogP contribution in [-0.2, 0) is 6.42 Å². The number of benzene rings is 1. The number of carbonyl (C=O) groups is 1. The van der Waals surface area contributed by atoms with Crippen LogP contribution < -0.4 is 14.8 Å². The molecule has 1 aromatic carbocycles. The molecule has 3 heterocycles. The predicted molar refractivity (Wildman–Crippen MR) is 98.6 cm³/mol. The molecule has 0 fully saturated rings. The Hall–Kier alpha value is -2.38. The number of thiazole rings is 1. The number of nitrogens with zero attached hydrogens (tertiary/aromatic N) is 1. The van der Waals surface area contributed by atoms with Crippen LogP contribution in [0.15, 0.2) is 41.2 Å². The molecule has 0 saturated heterocycles. The lowest BCUT2D eigenvalue weighted by molar-refractivity contribution is 0.0957. The number of amides is 1. The minimum atomic E-state index is -0.0742. The maximum atomic E-state index is 12.3. The highest BCUT2D eigenvalue weighted by Gasteiger charge is 2.16. The third-order valence-corrected chi connectivity index (χ3v) is 5.63. The summed E-state index contributed by atoms with van der Waals surface area (Å²) in [5.41, 5.74) is 2.24. The number of hydrogen-bond acceptors (Lipinski definition) is 6.